The average Bonchev–Trinajstić information content (AvgIpc) is 2.51. The van der Waals surface area contributed by atoms with Gasteiger partial charge in [-0.3, -0.25) is 9.59 Å². The summed E-state index contributed by atoms with van der Waals surface area (Å²) in [6, 6.07) is 0. The molecule has 0 aliphatic rings. The van der Waals surface area contributed by atoms with Crippen molar-refractivity contribution in [3.05, 3.63) is 0 Å². The molecular formula is C16H28Br2O4. The van der Waals surface area contributed by atoms with Gasteiger partial charge in [0.1, 0.15) is 9.65 Å². The van der Waals surface area contributed by atoms with Gasteiger partial charge in [0.15, 0.2) is 0 Å². The van der Waals surface area contributed by atoms with Gasteiger partial charge in [-0.1, -0.05) is 71.4 Å². The minimum Gasteiger partial charge on any atom is -0.465 e. The van der Waals surface area contributed by atoms with Crippen LogP contribution in [0.25, 0.3) is 0 Å². The van der Waals surface area contributed by atoms with E-state index >= 15 is 0 Å². The van der Waals surface area contributed by atoms with Crippen LogP contribution in [-0.4, -0.2) is 34.8 Å². The number of halogens is 2. The standard InChI is InChI=1S/C16H28Br2O4/c1-3-5-11-21-15(19)13(17)9-7-8-10-14(18)16(20)22-12-6-4-2/h13-14H,3-12H2,1-2H3. The molecule has 0 aromatic rings. The van der Waals surface area contributed by atoms with Crippen LogP contribution in [0.3, 0.4) is 0 Å². The zero-order valence-electron chi connectivity index (χ0n) is 13.6. The van der Waals surface area contributed by atoms with Crippen LogP contribution in [0.5, 0.6) is 0 Å². The predicted molar refractivity (Wildman–Crippen MR) is 95.6 cm³/mol. The number of alkyl halides is 2. The zero-order chi connectivity index (χ0) is 16.8. The lowest BCUT2D eigenvalue weighted by Crippen LogP contribution is -2.19. The van der Waals surface area contributed by atoms with Gasteiger partial charge in [-0.2, -0.15) is 0 Å². The second kappa shape index (κ2) is 14.5. The third-order valence-electron chi connectivity index (χ3n) is 3.16. The molecule has 0 aromatic carbocycles. The van der Waals surface area contributed by atoms with E-state index in [-0.39, 0.29) is 21.6 Å². The van der Waals surface area contributed by atoms with Crippen LogP contribution in [0.2, 0.25) is 0 Å². The summed E-state index contributed by atoms with van der Waals surface area (Å²) in [6.45, 7) is 5.10. The summed E-state index contributed by atoms with van der Waals surface area (Å²) in [4.78, 5) is 22.8. The Kier molecular flexibility index (Phi) is 14.4. The molecule has 2 unspecified atom stereocenters. The van der Waals surface area contributed by atoms with E-state index in [9.17, 15) is 9.59 Å². The van der Waals surface area contributed by atoms with Crippen LogP contribution in [0.15, 0.2) is 0 Å². The summed E-state index contributed by atoms with van der Waals surface area (Å²) in [7, 11) is 0. The molecule has 2 atom stereocenters. The highest BCUT2D eigenvalue weighted by molar-refractivity contribution is 9.10. The highest BCUT2D eigenvalue weighted by atomic mass is 79.9. The molecule has 0 aliphatic carbocycles. The molecule has 6 heteroatoms. The van der Waals surface area contributed by atoms with Crippen LogP contribution in [-0.2, 0) is 19.1 Å². The molecule has 0 bridgehead atoms. The number of hydrogen-bond donors (Lipinski definition) is 0. The Morgan fingerprint density at radius 1 is 0.773 bits per heavy atom. The average molecular weight is 444 g/mol. The van der Waals surface area contributed by atoms with Crippen LogP contribution in [0, 0.1) is 0 Å². The smallest absolute Gasteiger partial charge is 0.319 e. The Hall–Kier alpha value is -0.100. The molecule has 0 amide bonds. The van der Waals surface area contributed by atoms with Crippen LogP contribution < -0.4 is 0 Å². The number of esters is 2. The molecule has 22 heavy (non-hydrogen) atoms. The van der Waals surface area contributed by atoms with E-state index in [2.05, 4.69) is 45.7 Å². The van der Waals surface area contributed by atoms with Crippen LogP contribution in [0.4, 0.5) is 0 Å². The van der Waals surface area contributed by atoms with Crippen LogP contribution in [0.1, 0.15) is 65.2 Å². The number of carbonyl (C=O) groups is 2. The van der Waals surface area contributed by atoms with Crippen molar-refractivity contribution in [2.45, 2.75) is 74.9 Å². The van der Waals surface area contributed by atoms with E-state index in [0.29, 0.717) is 13.2 Å². The molecule has 0 heterocycles. The summed E-state index contributed by atoms with van der Waals surface area (Å²) in [5.74, 6) is -0.384. The third-order valence-corrected chi connectivity index (χ3v) is 4.82. The molecule has 0 N–H and O–H groups in total. The van der Waals surface area contributed by atoms with Crippen molar-refractivity contribution in [3.8, 4) is 0 Å². The Bertz CT molecular complexity index is 281. The molecule has 0 fully saturated rings. The van der Waals surface area contributed by atoms with E-state index in [1.54, 1.807) is 0 Å². The molecular weight excluding hydrogens is 416 g/mol. The second-order valence-electron chi connectivity index (χ2n) is 5.26. The lowest BCUT2D eigenvalue weighted by molar-refractivity contribution is -0.144. The molecule has 0 saturated heterocycles. The van der Waals surface area contributed by atoms with Crippen molar-refractivity contribution in [2.24, 2.45) is 0 Å². The van der Waals surface area contributed by atoms with Gasteiger partial charge in [0.2, 0.25) is 0 Å². The first-order chi connectivity index (χ1) is 10.5. The number of hydrogen-bond acceptors (Lipinski definition) is 4. The molecule has 0 spiro atoms. The monoisotopic (exact) mass is 442 g/mol. The lowest BCUT2D eigenvalue weighted by Gasteiger charge is -2.11. The second-order valence-corrected chi connectivity index (χ2v) is 7.47. The van der Waals surface area contributed by atoms with Gasteiger partial charge in [-0.05, 0) is 25.7 Å². The van der Waals surface area contributed by atoms with E-state index in [1.165, 1.54) is 0 Å². The molecule has 4 nitrogen and oxygen atoms in total. The molecule has 130 valence electrons. The lowest BCUT2D eigenvalue weighted by atomic mass is 10.1. The minimum atomic E-state index is -0.255. The van der Waals surface area contributed by atoms with Gasteiger partial charge in [-0.25, -0.2) is 0 Å². The van der Waals surface area contributed by atoms with Gasteiger partial charge in [-0.15, -0.1) is 0 Å². The number of carbonyl (C=O) groups excluding carboxylic acids is 2. The molecule has 0 saturated carbocycles. The van der Waals surface area contributed by atoms with Gasteiger partial charge < -0.3 is 9.47 Å². The summed E-state index contributed by atoms with van der Waals surface area (Å²) in [5, 5.41) is 0. The van der Waals surface area contributed by atoms with E-state index < -0.39 is 0 Å². The van der Waals surface area contributed by atoms with Crippen molar-refractivity contribution in [2.75, 3.05) is 13.2 Å². The van der Waals surface area contributed by atoms with Gasteiger partial charge in [0.25, 0.3) is 0 Å². The van der Waals surface area contributed by atoms with Crippen molar-refractivity contribution >= 4 is 43.8 Å². The van der Waals surface area contributed by atoms with E-state index in [1.807, 2.05) is 0 Å². The first kappa shape index (κ1) is 21.9. The van der Waals surface area contributed by atoms with Gasteiger partial charge in [0.05, 0.1) is 13.2 Å². The Balaban J connectivity index is 3.69. The van der Waals surface area contributed by atoms with Crippen LogP contribution >= 0.6 is 31.9 Å². The quantitative estimate of drug-likeness (QED) is 0.234. The largest absolute Gasteiger partial charge is 0.465 e. The maximum absolute atomic E-state index is 11.6. The minimum absolute atomic E-state index is 0.192. The van der Waals surface area contributed by atoms with Crippen molar-refractivity contribution in [3.63, 3.8) is 0 Å². The predicted octanol–water partition coefficient (Wildman–Crippen LogP) is 4.76. The summed E-state index contributed by atoms with van der Waals surface area (Å²) < 4.78 is 10.3. The SMILES string of the molecule is CCCCOC(=O)C(Br)CCCCC(Br)C(=O)OCCCC. The highest BCUT2D eigenvalue weighted by Crippen LogP contribution is 2.17. The fourth-order valence-electron chi connectivity index (χ4n) is 1.70. The van der Waals surface area contributed by atoms with Crippen molar-refractivity contribution in [1.29, 1.82) is 0 Å². The van der Waals surface area contributed by atoms with Crippen molar-refractivity contribution in [1.82, 2.24) is 0 Å². The molecule has 0 aliphatic heterocycles. The third kappa shape index (κ3) is 11.5. The number of unbranched alkanes of at least 4 members (excludes halogenated alkanes) is 3. The van der Waals surface area contributed by atoms with Gasteiger partial charge >= 0.3 is 11.9 Å². The number of rotatable bonds is 13. The maximum atomic E-state index is 11.6. The summed E-state index contributed by atoms with van der Waals surface area (Å²) in [6.07, 6.45) is 6.99. The molecule has 0 radical (unpaired) electrons. The molecule has 0 rings (SSSR count). The normalized spacial score (nSPS) is 13.5. The molecule has 0 aromatic heterocycles. The maximum Gasteiger partial charge on any atom is 0.319 e. The highest BCUT2D eigenvalue weighted by Gasteiger charge is 2.18. The topological polar surface area (TPSA) is 52.6 Å². The van der Waals surface area contributed by atoms with Crippen molar-refractivity contribution < 1.29 is 19.1 Å². The fourth-order valence-corrected chi connectivity index (χ4v) is 2.61. The number of ether oxygens (including phenoxy) is 2. The van der Waals surface area contributed by atoms with E-state index in [4.69, 9.17) is 9.47 Å². The Morgan fingerprint density at radius 3 is 1.45 bits per heavy atom. The zero-order valence-corrected chi connectivity index (χ0v) is 16.8. The Labute approximate surface area is 150 Å². The first-order valence-corrected chi connectivity index (χ1v) is 9.97. The van der Waals surface area contributed by atoms with E-state index in [0.717, 1.165) is 51.4 Å². The Morgan fingerprint density at radius 2 is 1.14 bits per heavy atom. The first-order valence-electron chi connectivity index (χ1n) is 8.14. The fraction of sp³-hybridized carbons (Fsp3) is 0.875. The summed E-state index contributed by atoms with van der Waals surface area (Å²) >= 11 is 6.71. The van der Waals surface area contributed by atoms with Gasteiger partial charge in [0, 0.05) is 0 Å². The summed E-state index contributed by atoms with van der Waals surface area (Å²) in [5.41, 5.74) is 0.